The Labute approximate surface area is 88.0 Å². The molecule has 0 aliphatic rings. The van der Waals surface area contributed by atoms with Gasteiger partial charge in [0, 0.05) is 6.42 Å². The van der Waals surface area contributed by atoms with Crippen molar-refractivity contribution in [2.24, 2.45) is 0 Å². The Morgan fingerprint density at radius 1 is 1.07 bits per heavy atom. The van der Waals surface area contributed by atoms with Crippen molar-refractivity contribution in [1.82, 2.24) is 0 Å². The summed E-state index contributed by atoms with van der Waals surface area (Å²) in [6.07, 6.45) is 9.22. The van der Waals surface area contributed by atoms with Crippen LogP contribution in [0.4, 0.5) is 0 Å². The SMILES string of the molecule is C[CH]OC(=O)CCCCCCCCC. The molecular weight excluding hydrogens is 176 g/mol. The van der Waals surface area contributed by atoms with Crippen molar-refractivity contribution < 1.29 is 9.53 Å². The van der Waals surface area contributed by atoms with E-state index in [1.165, 1.54) is 38.7 Å². The molecule has 1 radical (unpaired) electrons. The Balaban J connectivity index is 3.01. The topological polar surface area (TPSA) is 26.3 Å². The Morgan fingerprint density at radius 3 is 2.21 bits per heavy atom. The third-order valence-electron chi connectivity index (χ3n) is 2.23. The van der Waals surface area contributed by atoms with Crippen LogP contribution in [0.25, 0.3) is 0 Å². The maximum atomic E-state index is 10.9. The highest BCUT2D eigenvalue weighted by Crippen LogP contribution is 2.08. The first-order chi connectivity index (χ1) is 6.81. The second-order valence-electron chi connectivity index (χ2n) is 3.60. The first kappa shape index (κ1) is 13.5. The predicted molar refractivity (Wildman–Crippen MR) is 58.7 cm³/mol. The smallest absolute Gasteiger partial charge is 0.306 e. The lowest BCUT2D eigenvalue weighted by molar-refractivity contribution is -0.140. The van der Waals surface area contributed by atoms with Gasteiger partial charge in [0.05, 0.1) is 0 Å². The second kappa shape index (κ2) is 10.6. The number of rotatable bonds is 9. The van der Waals surface area contributed by atoms with Gasteiger partial charge in [0.25, 0.3) is 0 Å². The summed E-state index contributed by atoms with van der Waals surface area (Å²) in [5.74, 6) is -0.0962. The molecule has 2 heteroatoms. The Morgan fingerprint density at radius 2 is 1.64 bits per heavy atom. The molecule has 0 bridgehead atoms. The molecule has 0 aromatic heterocycles. The molecule has 0 aromatic carbocycles. The summed E-state index contributed by atoms with van der Waals surface area (Å²) < 4.78 is 4.72. The minimum atomic E-state index is -0.0962. The molecule has 0 rings (SSSR count). The van der Waals surface area contributed by atoms with Crippen LogP contribution in [-0.4, -0.2) is 5.97 Å². The maximum Gasteiger partial charge on any atom is 0.306 e. The number of hydrogen-bond donors (Lipinski definition) is 0. The largest absolute Gasteiger partial charge is 0.459 e. The summed E-state index contributed by atoms with van der Waals surface area (Å²) in [4.78, 5) is 10.9. The summed E-state index contributed by atoms with van der Waals surface area (Å²) >= 11 is 0. The van der Waals surface area contributed by atoms with Gasteiger partial charge >= 0.3 is 5.97 Å². The number of esters is 1. The van der Waals surface area contributed by atoms with Crippen LogP contribution >= 0.6 is 0 Å². The molecule has 0 aromatic rings. The van der Waals surface area contributed by atoms with Gasteiger partial charge in [-0.05, 0) is 13.3 Å². The van der Waals surface area contributed by atoms with Crippen LogP contribution in [-0.2, 0) is 9.53 Å². The fourth-order valence-electron chi connectivity index (χ4n) is 1.42. The highest BCUT2D eigenvalue weighted by molar-refractivity contribution is 5.69. The first-order valence-electron chi connectivity index (χ1n) is 5.78. The molecule has 0 saturated carbocycles. The second-order valence-corrected chi connectivity index (χ2v) is 3.60. The zero-order valence-corrected chi connectivity index (χ0v) is 9.55. The van der Waals surface area contributed by atoms with E-state index in [0.717, 1.165) is 12.8 Å². The summed E-state index contributed by atoms with van der Waals surface area (Å²) in [7, 11) is 0. The normalized spacial score (nSPS) is 10.1. The zero-order chi connectivity index (χ0) is 10.6. The number of hydrogen-bond acceptors (Lipinski definition) is 2. The Kier molecular flexibility index (Phi) is 10.2. The van der Waals surface area contributed by atoms with Crippen molar-refractivity contribution in [3.05, 3.63) is 6.61 Å². The average molecular weight is 199 g/mol. The number of ether oxygens (including phenoxy) is 1. The van der Waals surface area contributed by atoms with Crippen LogP contribution in [0.3, 0.4) is 0 Å². The van der Waals surface area contributed by atoms with Crippen molar-refractivity contribution in [3.8, 4) is 0 Å². The molecule has 0 atom stereocenters. The number of carbonyl (C=O) groups excluding carboxylic acids is 1. The molecular formula is C12H23O2. The van der Waals surface area contributed by atoms with Crippen LogP contribution in [0.2, 0.25) is 0 Å². The fourth-order valence-corrected chi connectivity index (χ4v) is 1.42. The molecule has 0 aliphatic carbocycles. The van der Waals surface area contributed by atoms with E-state index in [2.05, 4.69) is 6.92 Å². The van der Waals surface area contributed by atoms with Crippen molar-refractivity contribution >= 4 is 5.97 Å². The van der Waals surface area contributed by atoms with E-state index in [-0.39, 0.29) is 5.97 Å². The fraction of sp³-hybridized carbons (Fsp3) is 0.833. The van der Waals surface area contributed by atoms with Gasteiger partial charge in [0.15, 0.2) is 0 Å². The van der Waals surface area contributed by atoms with E-state index in [9.17, 15) is 4.79 Å². The van der Waals surface area contributed by atoms with E-state index in [1.807, 2.05) is 0 Å². The van der Waals surface area contributed by atoms with Gasteiger partial charge in [-0.15, -0.1) is 0 Å². The zero-order valence-electron chi connectivity index (χ0n) is 9.55. The van der Waals surface area contributed by atoms with Gasteiger partial charge in [-0.25, -0.2) is 0 Å². The summed E-state index contributed by atoms with van der Waals surface area (Å²) in [6, 6.07) is 0. The maximum absolute atomic E-state index is 10.9. The molecule has 0 saturated heterocycles. The molecule has 0 heterocycles. The van der Waals surface area contributed by atoms with E-state index in [1.54, 1.807) is 6.92 Å². The molecule has 0 aliphatic heterocycles. The monoisotopic (exact) mass is 199 g/mol. The standard InChI is InChI=1S/C12H23O2/c1-3-5-6-7-8-9-10-11-12(13)14-4-2/h4H,3,5-11H2,1-2H3. The van der Waals surface area contributed by atoms with Gasteiger partial charge in [-0.3, -0.25) is 4.79 Å². The van der Waals surface area contributed by atoms with Gasteiger partial charge in [0.1, 0.15) is 6.61 Å². The highest BCUT2D eigenvalue weighted by Gasteiger charge is 2.00. The van der Waals surface area contributed by atoms with Crippen LogP contribution < -0.4 is 0 Å². The van der Waals surface area contributed by atoms with E-state index >= 15 is 0 Å². The number of carbonyl (C=O) groups is 1. The molecule has 0 N–H and O–H groups in total. The summed E-state index contributed by atoms with van der Waals surface area (Å²) in [5, 5.41) is 0. The van der Waals surface area contributed by atoms with Crippen molar-refractivity contribution in [2.45, 2.75) is 65.2 Å². The molecule has 0 spiro atoms. The average Bonchev–Trinajstić information content (AvgIpc) is 2.17. The van der Waals surface area contributed by atoms with E-state index < -0.39 is 0 Å². The van der Waals surface area contributed by atoms with Crippen LogP contribution in [0, 0.1) is 6.61 Å². The lowest BCUT2D eigenvalue weighted by Gasteiger charge is -2.01. The molecule has 2 nitrogen and oxygen atoms in total. The lowest BCUT2D eigenvalue weighted by Crippen LogP contribution is -2.00. The number of unbranched alkanes of at least 4 members (excludes halogenated alkanes) is 6. The van der Waals surface area contributed by atoms with Crippen LogP contribution in [0.15, 0.2) is 0 Å². The quantitative estimate of drug-likeness (QED) is 0.416. The van der Waals surface area contributed by atoms with Crippen LogP contribution in [0.5, 0.6) is 0 Å². The van der Waals surface area contributed by atoms with Gasteiger partial charge < -0.3 is 4.74 Å². The molecule has 0 fully saturated rings. The summed E-state index contributed by atoms with van der Waals surface area (Å²) in [6.45, 7) is 5.39. The third kappa shape index (κ3) is 9.56. The summed E-state index contributed by atoms with van der Waals surface area (Å²) in [5.41, 5.74) is 0. The van der Waals surface area contributed by atoms with Gasteiger partial charge in [-0.2, -0.15) is 0 Å². The molecule has 0 amide bonds. The van der Waals surface area contributed by atoms with Crippen molar-refractivity contribution in [3.63, 3.8) is 0 Å². The first-order valence-corrected chi connectivity index (χ1v) is 5.78. The Bertz CT molecular complexity index is 132. The van der Waals surface area contributed by atoms with Crippen molar-refractivity contribution in [2.75, 3.05) is 0 Å². The van der Waals surface area contributed by atoms with Crippen molar-refractivity contribution in [1.29, 1.82) is 0 Å². The minimum Gasteiger partial charge on any atom is -0.459 e. The lowest BCUT2D eigenvalue weighted by atomic mass is 10.1. The van der Waals surface area contributed by atoms with E-state index in [0.29, 0.717) is 6.42 Å². The van der Waals surface area contributed by atoms with Gasteiger partial charge in [0.2, 0.25) is 0 Å². The predicted octanol–water partition coefficient (Wildman–Crippen LogP) is 3.85. The molecule has 83 valence electrons. The van der Waals surface area contributed by atoms with E-state index in [4.69, 9.17) is 4.74 Å². The highest BCUT2D eigenvalue weighted by atomic mass is 16.5. The Hall–Kier alpha value is -0.530. The van der Waals surface area contributed by atoms with Gasteiger partial charge in [-0.1, -0.05) is 45.4 Å². The van der Waals surface area contributed by atoms with Crippen LogP contribution in [0.1, 0.15) is 65.2 Å². The third-order valence-corrected chi connectivity index (χ3v) is 2.23. The minimum absolute atomic E-state index is 0.0962. The molecule has 14 heavy (non-hydrogen) atoms. The molecule has 0 unspecified atom stereocenters.